The number of aryl methyl sites for hydroxylation is 1. The molecule has 2 aromatic carbocycles. The third-order valence-corrected chi connectivity index (χ3v) is 3.33. The first-order valence-corrected chi connectivity index (χ1v) is 6.04. The Morgan fingerprint density at radius 2 is 2.05 bits per heavy atom. The molecule has 0 saturated heterocycles. The average Bonchev–Trinajstić information content (AvgIpc) is 2.86. The molecule has 0 spiro atoms. The summed E-state index contributed by atoms with van der Waals surface area (Å²) in [4.78, 5) is 4.11. The van der Waals surface area contributed by atoms with Gasteiger partial charge in [0.05, 0.1) is 5.56 Å². The van der Waals surface area contributed by atoms with Crippen molar-refractivity contribution in [1.29, 1.82) is 5.26 Å². The van der Waals surface area contributed by atoms with Gasteiger partial charge in [-0.2, -0.15) is 5.26 Å². The van der Waals surface area contributed by atoms with Crippen LogP contribution >= 0.6 is 0 Å². The molecule has 0 aliphatic rings. The SMILES string of the molecule is Cc1cccc(-c2cc3ocnc3c(C#N)c2C)c1. The molecule has 1 aromatic heterocycles. The van der Waals surface area contributed by atoms with Crippen LogP contribution in [0, 0.1) is 25.2 Å². The number of aromatic nitrogens is 1. The number of fused-ring (bicyclic) bond motifs is 1. The Labute approximate surface area is 111 Å². The molecule has 0 N–H and O–H groups in total. The van der Waals surface area contributed by atoms with Crippen molar-refractivity contribution in [2.75, 3.05) is 0 Å². The molecule has 0 atom stereocenters. The molecule has 0 radical (unpaired) electrons. The first kappa shape index (κ1) is 11.5. The maximum atomic E-state index is 9.33. The smallest absolute Gasteiger partial charge is 0.182 e. The molecule has 3 nitrogen and oxygen atoms in total. The molecule has 0 aliphatic heterocycles. The second kappa shape index (κ2) is 4.25. The Kier molecular flexibility index (Phi) is 2.57. The van der Waals surface area contributed by atoms with Gasteiger partial charge in [0, 0.05) is 0 Å². The molecule has 0 aliphatic carbocycles. The Morgan fingerprint density at radius 1 is 1.21 bits per heavy atom. The maximum Gasteiger partial charge on any atom is 0.182 e. The minimum Gasteiger partial charge on any atom is -0.443 e. The van der Waals surface area contributed by atoms with E-state index in [-0.39, 0.29) is 0 Å². The van der Waals surface area contributed by atoms with Crippen molar-refractivity contribution in [2.24, 2.45) is 0 Å². The van der Waals surface area contributed by atoms with E-state index in [2.05, 4.69) is 30.1 Å². The summed E-state index contributed by atoms with van der Waals surface area (Å²) >= 11 is 0. The van der Waals surface area contributed by atoms with Crippen molar-refractivity contribution in [3.63, 3.8) is 0 Å². The third kappa shape index (κ3) is 1.78. The lowest BCUT2D eigenvalue weighted by atomic mass is 9.95. The average molecular weight is 248 g/mol. The highest BCUT2D eigenvalue weighted by molar-refractivity contribution is 5.88. The first-order valence-electron chi connectivity index (χ1n) is 6.04. The highest BCUT2D eigenvalue weighted by atomic mass is 16.3. The predicted octanol–water partition coefficient (Wildman–Crippen LogP) is 3.98. The highest BCUT2D eigenvalue weighted by Gasteiger charge is 2.14. The van der Waals surface area contributed by atoms with Gasteiger partial charge >= 0.3 is 0 Å². The fourth-order valence-electron chi connectivity index (χ4n) is 2.35. The zero-order chi connectivity index (χ0) is 13.4. The fraction of sp³-hybridized carbons (Fsp3) is 0.125. The zero-order valence-electron chi connectivity index (χ0n) is 10.8. The summed E-state index contributed by atoms with van der Waals surface area (Å²) < 4.78 is 5.35. The number of hydrogen-bond acceptors (Lipinski definition) is 3. The number of rotatable bonds is 1. The van der Waals surface area contributed by atoms with Gasteiger partial charge in [0.25, 0.3) is 0 Å². The van der Waals surface area contributed by atoms with Gasteiger partial charge in [-0.05, 0) is 36.6 Å². The van der Waals surface area contributed by atoms with Crippen LogP contribution in [0.25, 0.3) is 22.2 Å². The number of hydrogen-bond donors (Lipinski definition) is 0. The van der Waals surface area contributed by atoms with Crippen LogP contribution in [0.1, 0.15) is 16.7 Å². The van der Waals surface area contributed by atoms with Crippen molar-refractivity contribution < 1.29 is 4.42 Å². The van der Waals surface area contributed by atoms with Gasteiger partial charge < -0.3 is 4.42 Å². The topological polar surface area (TPSA) is 49.8 Å². The van der Waals surface area contributed by atoms with E-state index in [1.807, 2.05) is 25.1 Å². The lowest BCUT2D eigenvalue weighted by Gasteiger charge is -2.08. The molecule has 3 heteroatoms. The molecule has 0 saturated carbocycles. The third-order valence-electron chi connectivity index (χ3n) is 3.33. The molecule has 19 heavy (non-hydrogen) atoms. The van der Waals surface area contributed by atoms with E-state index in [1.54, 1.807) is 0 Å². The van der Waals surface area contributed by atoms with Crippen LogP contribution in [0.5, 0.6) is 0 Å². The summed E-state index contributed by atoms with van der Waals surface area (Å²) in [6.45, 7) is 4.00. The van der Waals surface area contributed by atoms with Crippen LogP contribution in [0.3, 0.4) is 0 Å². The number of benzene rings is 2. The van der Waals surface area contributed by atoms with Crippen molar-refractivity contribution in [3.05, 3.63) is 53.4 Å². The summed E-state index contributed by atoms with van der Waals surface area (Å²) in [5.74, 6) is 0. The molecule has 3 aromatic rings. The molecular formula is C16H12N2O. The van der Waals surface area contributed by atoms with Crippen molar-refractivity contribution >= 4 is 11.1 Å². The van der Waals surface area contributed by atoms with Crippen molar-refractivity contribution in [3.8, 4) is 17.2 Å². The summed E-state index contributed by atoms with van der Waals surface area (Å²) in [6.07, 6.45) is 1.38. The number of nitrogens with zero attached hydrogens (tertiary/aromatic N) is 2. The second-order valence-electron chi connectivity index (χ2n) is 4.60. The fourth-order valence-corrected chi connectivity index (χ4v) is 2.35. The van der Waals surface area contributed by atoms with Gasteiger partial charge in [0.2, 0.25) is 0 Å². The lowest BCUT2D eigenvalue weighted by Crippen LogP contribution is -1.90. The van der Waals surface area contributed by atoms with E-state index in [0.717, 1.165) is 16.7 Å². The number of oxazole rings is 1. The van der Waals surface area contributed by atoms with Crippen LogP contribution in [0.2, 0.25) is 0 Å². The largest absolute Gasteiger partial charge is 0.443 e. The molecule has 92 valence electrons. The lowest BCUT2D eigenvalue weighted by molar-refractivity contribution is 0.602. The molecule has 0 amide bonds. The molecule has 0 fully saturated rings. The van der Waals surface area contributed by atoms with Crippen LogP contribution in [0.4, 0.5) is 0 Å². The van der Waals surface area contributed by atoms with Crippen LogP contribution in [0.15, 0.2) is 41.1 Å². The van der Waals surface area contributed by atoms with Crippen LogP contribution in [-0.2, 0) is 0 Å². The van der Waals surface area contributed by atoms with Gasteiger partial charge in [-0.15, -0.1) is 0 Å². The summed E-state index contributed by atoms with van der Waals surface area (Å²) in [5, 5.41) is 9.33. The maximum absolute atomic E-state index is 9.33. The van der Waals surface area contributed by atoms with Gasteiger partial charge in [-0.3, -0.25) is 0 Å². The Morgan fingerprint density at radius 3 is 2.79 bits per heavy atom. The molecule has 0 bridgehead atoms. The van der Waals surface area contributed by atoms with Crippen LogP contribution in [-0.4, -0.2) is 4.98 Å². The van der Waals surface area contributed by atoms with Crippen LogP contribution < -0.4 is 0 Å². The number of nitriles is 1. The van der Waals surface area contributed by atoms with Crippen molar-refractivity contribution in [1.82, 2.24) is 4.98 Å². The van der Waals surface area contributed by atoms with E-state index in [9.17, 15) is 5.26 Å². The van der Waals surface area contributed by atoms with Gasteiger partial charge in [0.1, 0.15) is 11.6 Å². The van der Waals surface area contributed by atoms with Gasteiger partial charge in [-0.1, -0.05) is 29.8 Å². The molecule has 3 rings (SSSR count). The Hall–Kier alpha value is -2.60. The quantitative estimate of drug-likeness (QED) is 0.654. The van der Waals surface area contributed by atoms with Gasteiger partial charge in [-0.25, -0.2) is 4.98 Å². The summed E-state index contributed by atoms with van der Waals surface area (Å²) in [7, 11) is 0. The van der Waals surface area contributed by atoms with E-state index in [4.69, 9.17) is 4.42 Å². The second-order valence-corrected chi connectivity index (χ2v) is 4.60. The first-order chi connectivity index (χ1) is 9.20. The minimum absolute atomic E-state index is 0.586. The standard InChI is InChI=1S/C16H12N2O/c1-10-4-3-5-12(6-10)13-7-15-16(18-9-19-15)14(8-17)11(13)2/h3-7,9H,1-2H3. The zero-order valence-corrected chi connectivity index (χ0v) is 10.8. The monoisotopic (exact) mass is 248 g/mol. The van der Waals surface area contributed by atoms with E-state index in [1.165, 1.54) is 12.0 Å². The highest BCUT2D eigenvalue weighted by Crippen LogP contribution is 2.31. The minimum atomic E-state index is 0.586. The van der Waals surface area contributed by atoms with E-state index in [0.29, 0.717) is 16.7 Å². The Balaban J connectivity index is 2.36. The summed E-state index contributed by atoms with van der Waals surface area (Å²) in [6, 6.07) is 12.4. The normalized spacial score (nSPS) is 10.6. The van der Waals surface area contributed by atoms with E-state index < -0.39 is 0 Å². The predicted molar refractivity (Wildman–Crippen MR) is 73.6 cm³/mol. The Bertz CT molecular complexity index is 809. The molecule has 0 unspecified atom stereocenters. The molecular weight excluding hydrogens is 236 g/mol. The molecule has 1 heterocycles. The van der Waals surface area contributed by atoms with Crippen molar-refractivity contribution in [2.45, 2.75) is 13.8 Å². The van der Waals surface area contributed by atoms with E-state index >= 15 is 0 Å². The van der Waals surface area contributed by atoms with Gasteiger partial charge in [0.15, 0.2) is 12.0 Å². The summed E-state index contributed by atoms with van der Waals surface area (Å²) in [5.41, 5.74) is 6.11.